The number of nitrogens with two attached hydrogens (primary N) is 1. The van der Waals surface area contributed by atoms with Crippen LogP contribution in [0.3, 0.4) is 0 Å². The second-order valence-corrected chi connectivity index (χ2v) is 4.54. The van der Waals surface area contributed by atoms with Gasteiger partial charge in [-0.05, 0) is 11.6 Å². The minimum Gasteiger partial charge on any atom is -0.485 e. The number of fused-ring (bicyclic) bond motifs is 1. The van der Waals surface area contributed by atoms with Gasteiger partial charge in [0.2, 0.25) is 0 Å². The maximum Gasteiger partial charge on any atom is 0.127 e. The summed E-state index contributed by atoms with van der Waals surface area (Å²) in [6.45, 7) is 0. The van der Waals surface area contributed by atoms with E-state index in [0.29, 0.717) is 12.2 Å². The van der Waals surface area contributed by atoms with E-state index < -0.39 is 0 Å². The van der Waals surface area contributed by atoms with Crippen molar-refractivity contribution < 1.29 is 9.13 Å². The van der Waals surface area contributed by atoms with Crippen molar-refractivity contribution in [3.05, 3.63) is 65.5 Å². The van der Waals surface area contributed by atoms with Crippen molar-refractivity contribution in [2.75, 3.05) is 0 Å². The Balaban J connectivity index is 1.96. The van der Waals surface area contributed by atoms with Crippen LogP contribution in [0.1, 0.15) is 29.7 Å². The van der Waals surface area contributed by atoms with Crippen molar-refractivity contribution in [2.45, 2.75) is 18.6 Å². The SMILES string of the molecule is N[C@H]1CC(c2ccccc2)Oc2cc(F)ccc21. The van der Waals surface area contributed by atoms with Crippen molar-refractivity contribution in [3.63, 3.8) is 0 Å². The molecule has 0 bridgehead atoms. The van der Waals surface area contributed by atoms with Crippen molar-refractivity contribution in [1.29, 1.82) is 0 Å². The molecule has 0 saturated carbocycles. The number of benzene rings is 2. The molecular formula is C15H14FNO. The number of hydrogen-bond donors (Lipinski definition) is 1. The molecular weight excluding hydrogens is 229 g/mol. The summed E-state index contributed by atoms with van der Waals surface area (Å²) in [5.41, 5.74) is 8.07. The molecule has 1 aliphatic rings. The first-order valence-corrected chi connectivity index (χ1v) is 6.00. The third kappa shape index (κ3) is 1.97. The van der Waals surface area contributed by atoms with Crippen molar-refractivity contribution >= 4 is 0 Å². The summed E-state index contributed by atoms with van der Waals surface area (Å²) in [6, 6.07) is 14.3. The van der Waals surface area contributed by atoms with E-state index in [1.807, 2.05) is 30.3 Å². The first kappa shape index (κ1) is 11.2. The number of ether oxygens (including phenoxy) is 1. The molecule has 2 nitrogen and oxygen atoms in total. The van der Waals surface area contributed by atoms with E-state index in [4.69, 9.17) is 10.5 Å². The molecule has 0 amide bonds. The van der Waals surface area contributed by atoms with Gasteiger partial charge in [-0.3, -0.25) is 0 Å². The highest BCUT2D eigenvalue weighted by Crippen LogP contribution is 2.39. The fraction of sp³-hybridized carbons (Fsp3) is 0.200. The molecule has 92 valence electrons. The van der Waals surface area contributed by atoms with Gasteiger partial charge < -0.3 is 10.5 Å². The summed E-state index contributed by atoms with van der Waals surface area (Å²) in [5.74, 6) is 0.261. The molecule has 0 aliphatic carbocycles. The molecule has 0 fully saturated rings. The highest BCUT2D eigenvalue weighted by Gasteiger charge is 2.27. The third-order valence-electron chi connectivity index (χ3n) is 3.28. The zero-order valence-corrected chi connectivity index (χ0v) is 9.84. The van der Waals surface area contributed by atoms with Gasteiger partial charge in [-0.15, -0.1) is 0 Å². The van der Waals surface area contributed by atoms with Gasteiger partial charge in [-0.2, -0.15) is 0 Å². The lowest BCUT2D eigenvalue weighted by Crippen LogP contribution is -2.24. The Morgan fingerprint density at radius 3 is 2.67 bits per heavy atom. The molecule has 2 aromatic rings. The van der Waals surface area contributed by atoms with Gasteiger partial charge in [0.25, 0.3) is 0 Å². The van der Waals surface area contributed by atoms with Crippen LogP contribution < -0.4 is 10.5 Å². The molecule has 3 heteroatoms. The predicted octanol–water partition coefficient (Wildman–Crippen LogP) is 3.35. The first-order chi connectivity index (χ1) is 8.74. The molecule has 3 rings (SSSR count). The third-order valence-corrected chi connectivity index (χ3v) is 3.28. The van der Waals surface area contributed by atoms with Crippen LogP contribution in [0.15, 0.2) is 48.5 Å². The van der Waals surface area contributed by atoms with Crippen molar-refractivity contribution in [3.8, 4) is 5.75 Å². The Labute approximate surface area is 105 Å². The van der Waals surface area contributed by atoms with Crippen molar-refractivity contribution in [1.82, 2.24) is 0 Å². The fourth-order valence-corrected chi connectivity index (χ4v) is 2.35. The Bertz CT molecular complexity index is 556. The molecule has 0 saturated heterocycles. The number of hydrogen-bond acceptors (Lipinski definition) is 2. The Hall–Kier alpha value is -1.87. The van der Waals surface area contributed by atoms with Gasteiger partial charge in [0.05, 0.1) is 0 Å². The van der Waals surface area contributed by atoms with E-state index in [2.05, 4.69) is 0 Å². The molecule has 0 spiro atoms. The molecule has 18 heavy (non-hydrogen) atoms. The average molecular weight is 243 g/mol. The van der Waals surface area contributed by atoms with Crippen LogP contribution in [-0.2, 0) is 0 Å². The molecule has 0 radical (unpaired) electrons. The van der Waals surface area contributed by atoms with Gasteiger partial charge in [0.1, 0.15) is 17.7 Å². The smallest absolute Gasteiger partial charge is 0.127 e. The summed E-state index contributed by atoms with van der Waals surface area (Å²) in [5, 5.41) is 0. The van der Waals surface area contributed by atoms with E-state index in [-0.39, 0.29) is 18.0 Å². The first-order valence-electron chi connectivity index (χ1n) is 6.00. The highest BCUT2D eigenvalue weighted by atomic mass is 19.1. The summed E-state index contributed by atoms with van der Waals surface area (Å²) in [6.07, 6.45) is 0.610. The van der Waals surface area contributed by atoms with E-state index >= 15 is 0 Å². The summed E-state index contributed by atoms with van der Waals surface area (Å²) in [7, 11) is 0. The molecule has 1 heterocycles. The van der Waals surface area contributed by atoms with E-state index in [1.54, 1.807) is 6.07 Å². The van der Waals surface area contributed by atoms with Gasteiger partial charge in [-0.1, -0.05) is 36.4 Å². The zero-order chi connectivity index (χ0) is 12.5. The van der Waals surface area contributed by atoms with Crippen LogP contribution in [0.25, 0.3) is 0 Å². The second-order valence-electron chi connectivity index (χ2n) is 4.54. The minimum absolute atomic E-state index is 0.101. The minimum atomic E-state index is -0.297. The van der Waals surface area contributed by atoms with Gasteiger partial charge >= 0.3 is 0 Å². The van der Waals surface area contributed by atoms with E-state index in [9.17, 15) is 4.39 Å². The predicted molar refractivity (Wildman–Crippen MR) is 67.8 cm³/mol. The summed E-state index contributed by atoms with van der Waals surface area (Å²) < 4.78 is 19.1. The lowest BCUT2D eigenvalue weighted by atomic mass is 9.93. The fourth-order valence-electron chi connectivity index (χ4n) is 2.35. The normalized spacial score (nSPS) is 22.1. The standard InChI is InChI=1S/C15H14FNO/c16-11-6-7-12-13(17)9-14(18-15(12)8-11)10-4-2-1-3-5-10/h1-8,13-14H,9,17H2/t13-,14?/m0/s1. The largest absolute Gasteiger partial charge is 0.485 e. The van der Waals surface area contributed by atoms with Crippen LogP contribution >= 0.6 is 0 Å². The number of rotatable bonds is 1. The van der Waals surface area contributed by atoms with Crippen LogP contribution in [0.4, 0.5) is 4.39 Å². The lowest BCUT2D eigenvalue weighted by molar-refractivity contribution is 0.161. The highest BCUT2D eigenvalue weighted by molar-refractivity contribution is 5.39. The van der Waals surface area contributed by atoms with Gasteiger partial charge in [0, 0.05) is 24.1 Å². The van der Waals surface area contributed by atoms with Crippen LogP contribution in [0.2, 0.25) is 0 Å². The molecule has 1 unspecified atom stereocenters. The van der Waals surface area contributed by atoms with Gasteiger partial charge in [0.15, 0.2) is 0 Å². The summed E-state index contributed by atoms with van der Waals surface area (Å²) >= 11 is 0. The Kier molecular flexibility index (Phi) is 2.76. The molecule has 2 atom stereocenters. The van der Waals surface area contributed by atoms with E-state index in [1.165, 1.54) is 12.1 Å². The lowest BCUT2D eigenvalue weighted by Gasteiger charge is -2.30. The van der Waals surface area contributed by atoms with E-state index in [0.717, 1.165) is 11.1 Å². The van der Waals surface area contributed by atoms with Crippen LogP contribution in [-0.4, -0.2) is 0 Å². The Morgan fingerprint density at radius 2 is 1.89 bits per heavy atom. The quantitative estimate of drug-likeness (QED) is 0.833. The van der Waals surface area contributed by atoms with Crippen LogP contribution in [0, 0.1) is 5.82 Å². The Morgan fingerprint density at radius 1 is 1.11 bits per heavy atom. The second kappa shape index (κ2) is 4.42. The summed E-state index contributed by atoms with van der Waals surface area (Å²) in [4.78, 5) is 0. The maximum atomic E-state index is 13.2. The molecule has 2 aromatic carbocycles. The van der Waals surface area contributed by atoms with Gasteiger partial charge in [-0.25, -0.2) is 4.39 Å². The zero-order valence-electron chi connectivity index (χ0n) is 9.84. The average Bonchev–Trinajstić information content (AvgIpc) is 2.39. The topological polar surface area (TPSA) is 35.2 Å². The number of halogens is 1. The maximum absolute atomic E-state index is 13.2. The molecule has 0 aromatic heterocycles. The molecule has 1 aliphatic heterocycles. The monoisotopic (exact) mass is 243 g/mol. The van der Waals surface area contributed by atoms with Crippen LogP contribution in [0.5, 0.6) is 5.75 Å². The van der Waals surface area contributed by atoms with Crippen molar-refractivity contribution in [2.24, 2.45) is 5.73 Å². The molecule has 2 N–H and O–H groups in total.